The summed E-state index contributed by atoms with van der Waals surface area (Å²) >= 11 is 0. The highest BCUT2D eigenvalue weighted by molar-refractivity contribution is 5.97. The Hall–Kier alpha value is -3.77. The number of carbonyl (C=O) groups is 3. The molecule has 1 aliphatic heterocycles. The van der Waals surface area contributed by atoms with Gasteiger partial charge in [0.15, 0.2) is 0 Å². The van der Waals surface area contributed by atoms with Crippen molar-refractivity contribution in [1.29, 1.82) is 0 Å². The van der Waals surface area contributed by atoms with Gasteiger partial charge in [-0.05, 0) is 44.0 Å². The number of aliphatic carboxylic acids is 1. The van der Waals surface area contributed by atoms with Gasteiger partial charge in [-0.2, -0.15) is 18.3 Å². The number of aromatic amines is 1. The Labute approximate surface area is 197 Å². The first-order chi connectivity index (χ1) is 16.3. The van der Waals surface area contributed by atoms with Crippen LogP contribution < -0.4 is 5.56 Å². The molecule has 1 aromatic carbocycles. The fourth-order valence-electron chi connectivity index (χ4n) is 3.27. The molecule has 9 nitrogen and oxygen atoms in total. The third kappa shape index (κ3) is 6.87. The summed E-state index contributed by atoms with van der Waals surface area (Å²) in [6, 6.07) is 4.34. The number of carbonyl (C=O) groups excluding carboxylic acids is 2. The van der Waals surface area contributed by atoms with E-state index >= 15 is 0 Å². The van der Waals surface area contributed by atoms with Crippen LogP contribution in [0.3, 0.4) is 0 Å². The van der Waals surface area contributed by atoms with Crippen LogP contribution in [0.15, 0.2) is 23.0 Å². The Bertz CT molecular complexity index is 1180. The molecule has 0 spiro atoms. The minimum atomic E-state index is -5.08. The summed E-state index contributed by atoms with van der Waals surface area (Å²) < 4.78 is 46.1. The van der Waals surface area contributed by atoms with Gasteiger partial charge in [0, 0.05) is 31.6 Å². The monoisotopic (exact) mass is 500 g/mol. The lowest BCUT2D eigenvalue weighted by molar-refractivity contribution is -0.192. The number of hydrogen-bond donors (Lipinski definition) is 2. The van der Waals surface area contributed by atoms with E-state index in [2.05, 4.69) is 10.2 Å². The second-order valence-electron chi connectivity index (χ2n) is 7.74. The van der Waals surface area contributed by atoms with Crippen molar-refractivity contribution in [1.82, 2.24) is 20.0 Å². The fourth-order valence-corrected chi connectivity index (χ4v) is 3.27. The number of piperazine rings is 1. The van der Waals surface area contributed by atoms with E-state index in [1.165, 1.54) is 17.0 Å². The van der Waals surface area contributed by atoms with E-state index in [4.69, 9.17) is 9.90 Å². The van der Waals surface area contributed by atoms with Gasteiger partial charge in [-0.15, -0.1) is 0 Å². The zero-order valence-corrected chi connectivity index (χ0v) is 19.2. The van der Waals surface area contributed by atoms with Gasteiger partial charge in [-0.25, -0.2) is 14.3 Å². The summed E-state index contributed by atoms with van der Waals surface area (Å²) in [4.78, 5) is 48.4. The zero-order chi connectivity index (χ0) is 26.5. The molecular weight excluding hydrogens is 476 g/mol. The molecule has 2 N–H and O–H groups in total. The van der Waals surface area contributed by atoms with Crippen molar-refractivity contribution in [2.24, 2.45) is 0 Å². The van der Waals surface area contributed by atoms with Crippen LogP contribution in [0.25, 0.3) is 0 Å². The molecule has 190 valence electrons. The first-order valence-electron chi connectivity index (χ1n) is 10.5. The summed E-state index contributed by atoms with van der Waals surface area (Å²) in [7, 11) is 0. The van der Waals surface area contributed by atoms with Crippen molar-refractivity contribution in [2.45, 2.75) is 33.4 Å². The number of nitrogens with zero attached hydrogens (tertiary/aromatic N) is 3. The Kier molecular flexibility index (Phi) is 8.72. The maximum absolute atomic E-state index is 14.3. The topological polar surface area (TPSA) is 124 Å². The van der Waals surface area contributed by atoms with E-state index in [0.717, 1.165) is 5.56 Å². The first kappa shape index (κ1) is 27.5. The molecule has 35 heavy (non-hydrogen) atoms. The minimum absolute atomic E-state index is 0.0455. The molecule has 0 radical (unpaired) electrons. The SMILES string of the molecule is CCN1CCN(C(=O)c2cc(Cc3n[nH]c(=O)c(C)c3C)ccc2F)CC1=O.O=C(O)C(F)(F)F. The number of amides is 2. The average Bonchev–Trinajstić information content (AvgIpc) is 2.80. The van der Waals surface area contributed by atoms with Crippen LogP contribution in [0.1, 0.15) is 39.7 Å². The molecule has 0 aliphatic carbocycles. The Balaban J connectivity index is 0.000000540. The number of benzene rings is 1. The number of alkyl halides is 3. The van der Waals surface area contributed by atoms with Gasteiger partial charge >= 0.3 is 12.1 Å². The van der Waals surface area contributed by atoms with Crippen molar-refractivity contribution < 1.29 is 37.1 Å². The van der Waals surface area contributed by atoms with Gasteiger partial charge in [0.25, 0.3) is 11.5 Å². The third-order valence-electron chi connectivity index (χ3n) is 5.49. The molecule has 2 heterocycles. The van der Waals surface area contributed by atoms with Gasteiger partial charge in [-0.1, -0.05) is 6.07 Å². The van der Waals surface area contributed by atoms with Gasteiger partial charge in [0.1, 0.15) is 12.4 Å². The Morgan fingerprint density at radius 1 is 1.14 bits per heavy atom. The Morgan fingerprint density at radius 2 is 1.77 bits per heavy atom. The second kappa shape index (κ2) is 11.1. The second-order valence-corrected chi connectivity index (χ2v) is 7.74. The van der Waals surface area contributed by atoms with E-state index in [-0.39, 0.29) is 23.6 Å². The number of hydrogen-bond acceptors (Lipinski definition) is 5. The molecule has 1 aliphatic rings. The van der Waals surface area contributed by atoms with Crippen molar-refractivity contribution in [3.63, 3.8) is 0 Å². The number of carboxylic acid groups (broad SMARTS) is 1. The van der Waals surface area contributed by atoms with Crippen LogP contribution in [0.4, 0.5) is 17.6 Å². The number of nitrogens with one attached hydrogen (secondary N) is 1. The zero-order valence-electron chi connectivity index (χ0n) is 19.2. The van der Waals surface area contributed by atoms with Crippen molar-refractivity contribution in [2.75, 3.05) is 26.2 Å². The molecule has 2 aromatic rings. The number of likely N-dealkylation sites (N-methyl/N-ethyl adjacent to an activating group) is 1. The van der Waals surface area contributed by atoms with E-state index < -0.39 is 23.9 Å². The molecule has 0 unspecified atom stereocenters. The predicted octanol–water partition coefficient (Wildman–Crippen LogP) is 2.05. The predicted molar refractivity (Wildman–Crippen MR) is 115 cm³/mol. The minimum Gasteiger partial charge on any atom is -0.475 e. The fraction of sp³-hybridized carbons (Fsp3) is 0.409. The van der Waals surface area contributed by atoms with Crippen LogP contribution in [0.2, 0.25) is 0 Å². The number of halogens is 4. The highest BCUT2D eigenvalue weighted by atomic mass is 19.4. The average molecular weight is 500 g/mol. The normalized spacial score (nSPS) is 13.9. The summed E-state index contributed by atoms with van der Waals surface area (Å²) in [5.74, 6) is -4.01. The van der Waals surface area contributed by atoms with Gasteiger partial charge in [0.2, 0.25) is 5.91 Å². The number of carboxylic acids is 1. The lowest BCUT2D eigenvalue weighted by Gasteiger charge is -2.33. The highest BCUT2D eigenvalue weighted by Gasteiger charge is 2.38. The van der Waals surface area contributed by atoms with Crippen LogP contribution in [-0.2, 0) is 16.0 Å². The summed E-state index contributed by atoms with van der Waals surface area (Å²) in [6.07, 6.45) is -4.73. The van der Waals surface area contributed by atoms with Gasteiger partial charge < -0.3 is 14.9 Å². The third-order valence-corrected chi connectivity index (χ3v) is 5.49. The van der Waals surface area contributed by atoms with Crippen molar-refractivity contribution in [3.05, 3.63) is 62.3 Å². The van der Waals surface area contributed by atoms with Crippen molar-refractivity contribution in [3.8, 4) is 0 Å². The molecule has 0 saturated carbocycles. The molecule has 1 saturated heterocycles. The van der Waals surface area contributed by atoms with Gasteiger partial charge in [-0.3, -0.25) is 14.4 Å². The standard InChI is InChI=1S/C20H23FN4O3.C2HF3O2/c1-4-24-7-8-25(11-18(24)26)20(28)15-9-14(5-6-16(15)21)10-17-12(2)13(3)19(27)23-22-17;3-2(4,5)1(6)7/h5-6,9H,4,7-8,10-11H2,1-3H3,(H,23,27);(H,6,7). The molecule has 1 aromatic heterocycles. The molecule has 1 fully saturated rings. The lowest BCUT2D eigenvalue weighted by atomic mass is 10.0. The van der Waals surface area contributed by atoms with Crippen LogP contribution in [0.5, 0.6) is 0 Å². The largest absolute Gasteiger partial charge is 0.490 e. The first-order valence-corrected chi connectivity index (χ1v) is 10.5. The van der Waals surface area contributed by atoms with E-state index in [1.807, 2.05) is 6.92 Å². The van der Waals surface area contributed by atoms with Crippen LogP contribution in [0, 0.1) is 19.7 Å². The summed E-state index contributed by atoms with van der Waals surface area (Å²) in [6.45, 7) is 6.77. The van der Waals surface area contributed by atoms with E-state index in [9.17, 15) is 31.9 Å². The smallest absolute Gasteiger partial charge is 0.475 e. The van der Waals surface area contributed by atoms with Crippen LogP contribution >= 0.6 is 0 Å². The van der Waals surface area contributed by atoms with E-state index in [0.29, 0.717) is 42.9 Å². The summed E-state index contributed by atoms with van der Waals surface area (Å²) in [5.41, 5.74) is 2.40. The maximum Gasteiger partial charge on any atom is 0.490 e. The van der Waals surface area contributed by atoms with Crippen molar-refractivity contribution >= 4 is 17.8 Å². The van der Waals surface area contributed by atoms with Gasteiger partial charge in [0.05, 0.1) is 11.3 Å². The van der Waals surface area contributed by atoms with E-state index in [1.54, 1.807) is 24.8 Å². The number of aromatic nitrogens is 2. The van der Waals surface area contributed by atoms with Crippen LogP contribution in [-0.4, -0.2) is 75.2 Å². The molecule has 0 bridgehead atoms. The molecule has 0 atom stereocenters. The quantitative estimate of drug-likeness (QED) is 0.620. The Morgan fingerprint density at radius 3 is 2.31 bits per heavy atom. The molecule has 13 heteroatoms. The molecular formula is C22H24F4N4O5. The molecule has 3 rings (SSSR count). The highest BCUT2D eigenvalue weighted by Crippen LogP contribution is 2.18. The number of H-pyrrole nitrogens is 1. The number of rotatable bonds is 4. The lowest BCUT2D eigenvalue weighted by Crippen LogP contribution is -2.52. The molecule has 2 amide bonds. The maximum atomic E-state index is 14.3. The summed E-state index contributed by atoms with van der Waals surface area (Å²) in [5, 5.41) is 13.6.